The number of ether oxygens (including phenoxy) is 2. The predicted molar refractivity (Wildman–Crippen MR) is 166 cm³/mol. The number of fused-ring (bicyclic) bond motifs is 4. The molecule has 2 nitrogen and oxygen atoms in total. The molecule has 1 heterocycles. The summed E-state index contributed by atoms with van der Waals surface area (Å²) >= 11 is 7.95. The van der Waals surface area contributed by atoms with E-state index in [4.69, 9.17) is 9.47 Å². The Hall–Kier alpha value is -1.60. The van der Waals surface area contributed by atoms with Crippen molar-refractivity contribution in [3.05, 3.63) is 83.9 Å². The fourth-order valence-corrected chi connectivity index (χ4v) is 8.13. The Balaban J connectivity index is 1.28. The molecule has 0 unspecified atom stereocenters. The van der Waals surface area contributed by atoms with Gasteiger partial charge in [-0.2, -0.15) is 47.0 Å². The van der Waals surface area contributed by atoms with Gasteiger partial charge in [-0.25, -0.2) is 0 Å². The molecule has 36 heavy (non-hydrogen) atoms. The van der Waals surface area contributed by atoms with E-state index in [1.165, 1.54) is 32.7 Å². The molecule has 0 atom stereocenters. The predicted octanol–water partition coefficient (Wildman–Crippen LogP) is 8.40. The second-order valence-electron chi connectivity index (χ2n) is 8.64. The van der Waals surface area contributed by atoms with E-state index >= 15 is 0 Å². The second kappa shape index (κ2) is 13.8. The maximum Gasteiger partial charge on any atom is 0.124 e. The summed E-state index contributed by atoms with van der Waals surface area (Å²) in [5.41, 5.74) is 2.62. The van der Waals surface area contributed by atoms with Crippen molar-refractivity contribution in [1.82, 2.24) is 0 Å². The van der Waals surface area contributed by atoms with E-state index in [0.717, 1.165) is 70.7 Å². The average Bonchev–Trinajstić information content (AvgIpc) is 2.91. The second-order valence-corrected chi connectivity index (χ2v) is 13.3. The quantitative estimate of drug-likeness (QED) is 0.216. The van der Waals surface area contributed by atoms with Gasteiger partial charge in [0.05, 0.1) is 13.2 Å². The van der Waals surface area contributed by atoms with Gasteiger partial charge >= 0.3 is 0 Å². The highest BCUT2D eigenvalue weighted by molar-refractivity contribution is 8.03. The van der Waals surface area contributed by atoms with Crippen molar-refractivity contribution in [3.8, 4) is 11.5 Å². The first kappa shape index (κ1) is 26.0. The molecule has 1 aliphatic heterocycles. The van der Waals surface area contributed by atoms with Crippen molar-refractivity contribution >= 4 is 68.6 Å². The van der Waals surface area contributed by atoms with Gasteiger partial charge in [0.15, 0.2) is 0 Å². The zero-order chi connectivity index (χ0) is 24.4. The zero-order valence-corrected chi connectivity index (χ0v) is 23.7. The number of hydrogen-bond donors (Lipinski definition) is 0. The fourth-order valence-electron chi connectivity index (χ4n) is 4.25. The molecular formula is C30H32O2S4. The average molecular weight is 553 g/mol. The van der Waals surface area contributed by atoms with Crippen molar-refractivity contribution in [2.75, 3.05) is 47.7 Å². The maximum absolute atomic E-state index is 6.29. The van der Waals surface area contributed by atoms with E-state index in [9.17, 15) is 0 Å². The molecule has 4 aromatic rings. The minimum absolute atomic E-state index is 0.759. The minimum atomic E-state index is 0.759. The normalized spacial score (nSPS) is 16.9. The van der Waals surface area contributed by atoms with Crippen LogP contribution in [0.2, 0.25) is 0 Å². The number of thioether (sulfide) groups is 4. The Kier molecular flexibility index (Phi) is 9.98. The molecular weight excluding hydrogens is 521 g/mol. The monoisotopic (exact) mass is 552 g/mol. The van der Waals surface area contributed by atoms with Crippen molar-refractivity contribution in [2.45, 2.75) is 11.5 Å². The van der Waals surface area contributed by atoms with E-state index in [1.807, 2.05) is 47.0 Å². The lowest BCUT2D eigenvalue weighted by Gasteiger charge is -2.15. The molecule has 0 aliphatic carbocycles. The van der Waals surface area contributed by atoms with E-state index in [2.05, 4.69) is 72.8 Å². The summed E-state index contributed by atoms with van der Waals surface area (Å²) in [5.74, 6) is 10.6. The van der Waals surface area contributed by atoms with Crippen LogP contribution in [0.4, 0.5) is 0 Å². The Labute approximate surface area is 231 Å². The molecule has 0 spiro atoms. The molecule has 0 saturated carbocycles. The van der Waals surface area contributed by atoms with Gasteiger partial charge in [-0.1, -0.05) is 48.5 Å². The van der Waals surface area contributed by atoms with E-state index in [-0.39, 0.29) is 0 Å². The highest BCUT2D eigenvalue weighted by atomic mass is 32.2. The number of hydrogen-bond acceptors (Lipinski definition) is 6. The van der Waals surface area contributed by atoms with Gasteiger partial charge in [0.25, 0.3) is 0 Å². The molecule has 0 aromatic heterocycles. The summed E-state index contributed by atoms with van der Waals surface area (Å²) in [7, 11) is 0. The van der Waals surface area contributed by atoms with Crippen LogP contribution in [-0.2, 0) is 11.5 Å². The molecule has 5 rings (SSSR count). The first-order valence-corrected chi connectivity index (χ1v) is 17.1. The SMILES string of the molecule is c1ccc2cc3c(cc2c1)CSCCSCc1cc2ccccc2cc1OCCSCCSCCO3. The molecule has 4 aromatic carbocycles. The van der Waals surface area contributed by atoms with Gasteiger partial charge in [-0.15, -0.1) is 0 Å². The van der Waals surface area contributed by atoms with Crippen molar-refractivity contribution in [1.29, 1.82) is 0 Å². The van der Waals surface area contributed by atoms with Crippen LogP contribution >= 0.6 is 47.0 Å². The number of rotatable bonds is 0. The van der Waals surface area contributed by atoms with E-state index in [0.29, 0.717) is 0 Å². The smallest absolute Gasteiger partial charge is 0.124 e. The molecule has 188 valence electrons. The third-order valence-electron chi connectivity index (χ3n) is 6.09. The van der Waals surface area contributed by atoms with E-state index in [1.54, 1.807) is 0 Å². The summed E-state index contributed by atoms with van der Waals surface area (Å²) in [6.45, 7) is 1.52. The third-order valence-corrected chi connectivity index (χ3v) is 10.5. The van der Waals surface area contributed by atoms with Crippen LogP contribution in [0.1, 0.15) is 11.1 Å². The zero-order valence-electron chi connectivity index (χ0n) is 20.4. The van der Waals surface area contributed by atoms with Gasteiger partial charge < -0.3 is 9.47 Å². The summed E-state index contributed by atoms with van der Waals surface area (Å²) < 4.78 is 12.6. The largest absolute Gasteiger partial charge is 0.492 e. The van der Waals surface area contributed by atoms with Crippen LogP contribution in [0.5, 0.6) is 11.5 Å². The molecule has 0 fully saturated rings. The molecule has 0 saturated heterocycles. The first-order valence-electron chi connectivity index (χ1n) is 12.5. The Morgan fingerprint density at radius 1 is 0.444 bits per heavy atom. The van der Waals surface area contributed by atoms with E-state index < -0.39 is 0 Å². The van der Waals surface area contributed by atoms with Gasteiger partial charge in [-0.3, -0.25) is 0 Å². The van der Waals surface area contributed by atoms with Crippen LogP contribution in [0.25, 0.3) is 21.5 Å². The highest BCUT2D eigenvalue weighted by Crippen LogP contribution is 2.32. The topological polar surface area (TPSA) is 18.5 Å². The molecule has 0 radical (unpaired) electrons. The molecule has 1 aliphatic rings. The van der Waals surface area contributed by atoms with Crippen LogP contribution < -0.4 is 9.47 Å². The van der Waals surface area contributed by atoms with Crippen LogP contribution in [-0.4, -0.2) is 47.7 Å². The lowest BCUT2D eigenvalue weighted by Crippen LogP contribution is -2.05. The molecule has 6 heteroatoms. The van der Waals surface area contributed by atoms with Crippen LogP contribution in [0.3, 0.4) is 0 Å². The van der Waals surface area contributed by atoms with Gasteiger partial charge in [0, 0.05) is 57.1 Å². The molecule has 0 amide bonds. The fraction of sp³-hybridized carbons (Fsp3) is 0.333. The van der Waals surface area contributed by atoms with Crippen molar-refractivity contribution in [3.63, 3.8) is 0 Å². The van der Waals surface area contributed by atoms with Gasteiger partial charge in [0.2, 0.25) is 0 Å². The summed E-state index contributed by atoms with van der Waals surface area (Å²) in [5, 5.41) is 5.09. The maximum atomic E-state index is 6.29. The number of benzene rings is 4. The minimum Gasteiger partial charge on any atom is -0.492 e. The summed E-state index contributed by atoms with van der Waals surface area (Å²) in [6, 6.07) is 26.3. The standard InChI is InChI=1S/C30H32O2S4/c1-3-7-25-19-29-27(17-23(25)5-1)21-35-15-16-36-22-28-18-24-6-2-4-8-26(24)20-30(28)32-10-12-34-14-13-33-11-9-31-29/h1-8,17-20H,9-16,21-22H2. The Morgan fingerprint density at radius 2 is 0.833 bits per heavy atom. The molecule has 0 N–H and O–H groups in total. The van der Waals surface area contributed by atoms with Crippen LogP contribution in [0, 0.1) is 0 Å². The summed E-state index contributed by atoms with van der Waals surface area (Å²) in [4.78, 5) is 0. The van der Waals surface area contributed by atoms with Crippen molar-refractivity contribution < 1.29 is 9.47 Å². The Bertz CT molecular complexity index is 1180. The molecule has 0 bridgehead atoms. The summed E-state index contributed by atoms with van der Waals surface area (Å²) in [6.07, 6.45) is 0. The van der Waals surface area contributed by atoms with Crippen molar-refractivity contribution in [2.24, 2.45) is 0 Å². The third kappa shape index (κ3) is 7.25. The highest BCUT2D eigenvalue weighted by Gasteiger charge is 2.10. The lowest BCUT2D eigenvalue weighted by atomic mass is 10.1. The van der Waals surface area contributed by atoms with Gasteiger partial charge in [0.1, 0.15) is 11.5 Å². The van der Waals surface area contributed by atoms with Crippen LogP contribution in [0.15, 0.2) is 72.8 Å². The Morgan fingerprint density at radius 3 is 1.28 bits per heavy atom. The van der Waals surface area contributed by atoms with Gasteiger partial charge in [-0.05, 0) is 45.8 Å². The lowest BCUT2D eigenvalue weighted by molar-refractivity contribution is 0.341. The first-order chi connectivity index (χ1) is 17.9.